The molecule has 1 unspecified atom stereocenters. The Morgan fingerprint density at radius 2 is 1.85 bits per heavy atom. The van der Waals surface area contributed by atoms with Crippen LogP contribution in [0.5, 0.6) is 0 Å². The zero-order valence-corrected chi connectivity index (χ0v) is 11.6. The molecule has 0 saturated carbocycles. The van der Waals surface area contributed by atoms with E-state index in [0.717, 1.165) is 16.0 Å². The van der Waals surface area contributed by atoms with Crippen molar-refractivity contribution in [2.75, 3.05) is 0 Å². The van der Waals surface area contributed by atoms with Crippen molar-refractivity contribution in [1.82, 2.24) is 4.98 Å². The summed E-state index contributed by atoms with van der Waals surface area (Å²) in [5.74, 6) is 0.245. The number of aromatic nitrogens is 1. The highest BCUT2D eigenvalue weighted by Gasteiger charge is 2.27. The number of carbonyl (C=O) groups is 1. The number of para-hydroxylation sites is 1. The molecular weight excluding hydrogens is 266 g/mol. The first-order chi connectivity index (χ1) is 9.83. The van der Waals surface area contributed by atoms with Gasteiger partial charge in [-0.2, -0.15) is 0 Å². The average molecular weight is 279 g/mol. The number of benzene rings is 2. The molecule has 0 fully saturated rings. The van der Waals surface area contributed by atoms with Gasteiger partial charge in [-0.05, 0) is 17.7 Å². The van der Waals surface area contributed by atoms with Crippen LogP contribution in [0.4, 0.5) is 0 Å². The normalized spacial score (nSPS) is 18.2. The summed E-state index contributed by atoms with van der Waals surface area (Å²) in [5.41, 5.74) is 3.23. The molecule has 0 bridgehead atoms. The molecule has 98 valence electrons. The Kier molecular flexibility index (Phi) is 2.67. The third kappa shape index (κ3) is 1.78. The summed E-state index contributed by atoms with van der Waals surface area (Å²) < 4.78 is 0. The van der Waals surface area contributed by atoms with Gasteiger partial charge in [0.2, 0.25) is 0 Å². The van der Waals surface area contributed by atoms with E-state index < -0.39 is 0 Å². The summed E-state index contributed by atoms with van der Waals surface area (Å²) in [5, 5.41) is 1.42. The number of ketones is 1. The van der Waals surface area contributed by atoms with Crippen molar-refractivity contribution in [1.29, 1.82) is 0 Å². The molecule has 1 atom stereocenters. The molecule has 0 saturated heterocycles. The van der Waals surface area contributed by atoms with Gasteiger partial charge in [0.05, 0.1) is 0 Å². The van der Waals surface area contributed by atoms with Crippen molar-refractivity contribution in [3.63, 3.8) is 0 Å². The lowest BCUT2D eigenvalue weighted by Crippen LogP contribution is -2.11. The monoisotopic (exact) mass is 279 g/mol. The number of H-pyrrole nitrogens is 1. The number of carbonyl (C=O) groups excluding carboxylic acids is 1. The van der Waals surface area contributed by atoms with Crippen LogP contribution in [0.15, 0.2) is 59.6 Å². The van der Waals surface area contributed by atoms with Gasteiger partial charge in [-0.25, -0.2) is 0 Å². The Balaban J connectivity index is 1.80. The smallest absolute Gasteiger partial charge is 0.165 e. The minimum atomic E-state index is 0.202. The zero-order valence-electron chi connectivity index (χ0n) is 10.8. The van der Waals surface area contributed by atoms with Crippen molar-refractivity contribution in [3.8, 4) is 0 Å². The first-order valence-electron chi connectivity index (χ1n) is 6.68. The van der Waals surface area contributed by atoms with Crippen LogP contribution in [0.3, 0.4) is 0 Å². The number of fused-ring (bicyclic) bond motifs is 2. The van der Waals surface area contributed by atoms with Crippen LogP contribution in [0, 0.1) is 0 Å². The van der Waals surface area contributed by atoms with Gasteiger partial charge in [-0.15, -0.1) is 11.8 Å². The number of hydrogen-bond acceptors (Lipinski definition) is 2. The molecule has 4 rings (SSSR count). The van der Waals surface area contributed by atoms with Gasteiger partial charge in [0, 0.05) is 39.2 Å². The van der Waals surface area contributed by atoms with Crippen LogP contribution >= 0.6 is 11.8 Å². The molecule has 2 heterocycles. The van der Waals surface area contributed by atoms with Crippen molar-refractivity contribution >= 4 is 28.4 Å². The van der Waals surface area contributed by atoms with Crippen molar-refractivity contribution in [3.05, 3.63) is 65.9 Å². The minimum Gasteiger partial charge on any atom is -0.361 e. The molecule has 1 aliphatic heterocycles. The predicted octanol–water partition coefficient (Wildman–Crippen LogP) is 4.59. The van der Waals surface area contributed by atoms with Crippen molar-refractivity contribution < 1.29 is 4.79 Å². The Labute approximate surface area is 121 Å². The predicted molar refractivity (Wildman–Crippen MR) is 82.3 cm³/mol. The van der Waals surface area contributed by atoms with E-state index in [2.05, 4.69) is 17.1 Å². The van der Waals surface area contributed by atoms with Gasteiger partial charge in [-0.3, -0.25) is 4.79 Å². The van der Waals surface area contributed by atoms with E-state index in [-0.39, 0.29) is 11.0 Å². The fourth-order valence-corrected chi connectivity index (χ4v) is 4.14. The van der Waals surface area contributed by atoms with E-state index in [1.54, 1.807) is 11.8 Å². The summed E-state index contributed by atoms with van der Waals surface area (Å²) in [4.78, 5) is 16.7. The Bertz CT molecular complexity index is 805. The molecule has 0 radical (unpaired) electrons. The highest BCUT2D eigenvalue weighted by atomic mass is 32.2. The van der Waals surface area contributed by atoms with E-state index in [0.29, 0.717) is 6.42 Å². The Morgan fingerprint density at radius 3 is 2.80 bits per heavy atom. The van der Waals surface area contributed by atoms with Gasteiger partial charge in [-0.1, -0.05) is 36.4 Å². The molecule has 1 N–H and O–H groups in total. The Morgan fingerprint density at radius 1 is 1.05 bits per heavy atom. The standard InChI is InChI=1S/C17H13NOS/c19-15-9-17(20-16-8-4-2-6-12(15)16)13-10-18-14-7-3-1-5-11(13)14/h1-8,10,17-18H,9H2. The summed E-state index contributed by atoms with van der Waals surface area (Å²) >= 11 is 1.79. The van der Waals surface area contributed by atoms with Gasteiger partial charge in [0.1, 0.15) is 0 Å². The van der Waals surface area contributed by atoms with Crippen LogP contribution in [-0.4, -0.2) is 10.8 Å². The highest BCUT2D eigenvalue weighted by molar-refractivity contribution is 7.99. The summed E-state index contributed by atoms with van der Waals surface area (Å²) in [6.07, 6.45) is 2.62. The molecule has 0 aliphatic carbocycles. The number of nitrogens with one attached hydrogen (secondary N) is 1. The van der Waals surface area contributed by atoms with Crippen molar-refractivity contribution in [2.24, 2.45) is 0 Å². The van der Waals surface area contributed by atoms with Gasteiger partial charge < -0.3 is 4.98 Å². The maximum atomic E-state index is 12.3. The molecule has 2 aromatic carbocycles. The topological polar surface area (TPSA) is 32.9 Å². The number of rotatable bonds is 1. The first-order valence-corrected chi connectivity index (χ1v) is 7.56. The molecular formula is C17H13NOS. The quantitative estimate of drug-likeness (QED) is 0.706. The summed E-state index contributed by atoms with van der Waals surface area (Å²) in [6.45, 7) is 0. The third-order valence-electron chi connectivity index (χ3n) is 3.80. The number of hydrogen-bond donors (Lipinski definition) is 1. The number of thioether (sulfide) groups is 1. The highest BCUT2D eigenvalue weighted by Crippen LogP contribution is 2.46. The fourth-order valence-electron chi connectivity index (χ4n) is 2.81. The third-order valence-corrected chi connectivity index (χ3v) is 5.11. The maximum absolute atomic E-state index is 12.3. The molecule has 2 nitrogen and oxygen atoms in total. The lowest BCUT2D eigenvalue weighted by molar-refractivity contribution is 0.0976. The molecule has 3 aromatic rings. The largest absolute Gasteiger partial charge is 0.361 e. The number of aromatic amines is 1. The fraction of sp³-hybridized carbons (Fsp3) is 0.118. The molecule has 20 heavy (non-hydrogen) atoms. The molecule has 0 spiro atoms. The molecule has 1 aromatic heterocycles. The van der Waals surface area contributed by atoms with E-state index in [1.165, 1.54) is 10.9 Å². The second kappa shape index (κ2) is 4.53. The van der Waals surface area contributed by atoms with E-state index >= 15 is 0 Å². The van der Waals surface area contributed by atoms with Crippen LogP contribution < -0.4 is 0 Å². The lowest BCUT2D eigenvalue weighted by atomic mass is 10.0. The van der Waals surface area contributed by atoms with Gasteiger partial charge >= 0.3 is 0 Å². The number of Topliss-reactive ketones (excluding diaryl/α,β-unsaturated/α-hetero) is 1. The van der Waals surface area contributed by atoms with E-state index in [4.69, 9.17) is 0 Å². The summed E-state index contributed by atoms with van der Waals surface area (Å²) in [6, 6.07) is 16.2. The van der Waals surface area contributed by atoms with Crippen LogP contribution in [-0.2, 0) is 0 Å². The average Bonchev–Trinajstić information content (AvgIpc) is 2.91. The second-order valence-electron chi connectivity index (χ2n) is 5.02. The van der Waals surface area contributed by atoms with Crippen LogP contribution in [0.2, 0.25) is 0 Å². The molecule has 1 aliphatic rings. The van der Waals surface area contributed by atoms with E-state index in [9.17, 15) is 4.79 Å². The van der Waals surface area contributed by atoms with Gasteiger partial charge in [0.25, 0.3) is 0 Å². The zero-order chi connectivity index (χ0) is 13.5. The van der Waals surface area contributed by atoms with Gasteiger partial charge in [0.15, 0.2) is 5.78 Å². The maximum Gasteiger partial charge on any atom is 0.165 e. The van der Waals surface area contributed by atoms with E-state index in [1.807, 2.05) is 42.6 Å². The minimum absolute atomic E-state index is 0.202. The lowest BCUT2D eigenvalue weighted by Gasteiger charge is -2.22. The first kappa shape index (κ1) is 11.8. The van der Waals surface area contributed by atoms with Crippen LogP contribution in [0.1, 0.15) is 27.6 Å². The Hall–Kier alpha value is -2.00. The second-order valence-corrected chi connectivity index (χ2v) is 6.26. The van der Waals surface area contributed by atoms with Crippen LogP contribution in [0.25, 0.3) is 10.9 Å². The van der Waals surface area contributed by atoms with Crippen molar-refractivity contribution in [2.45, 2.75) is 16.6 Å². The summed E-state index contributed by atoms with van der Waals surface area (Å²) in [7, 11) is 0. The SMILES string of the molecule is O=C1CC(c2c[nH]c3ccccc23)Sc2ccccc21. The molecule has 0 amide bonds. The molecule has 3 heteroatoms.